The van der Waals surface area contributed by atoms with Crippen LogP contribution in [-0.4, -0.2) is 30.0 Å². The number of fused-ring (bicyclic) bond motifs is 1. The van der Waals surface area contributed by atoms with Gasteiger partial charge in [0.25, 0.3) is 5.56 Å². The van der Waals surface area contributed by atoms with E-state index >= 15 is 0 Å². The van der Waals surface area contributed by atoms with Gasteiger partial charge in [-0.1, -0.05) is 67.7 Å². The molecule has 36 heavy (non-hydrogen) atoms. The molecule has 0 saturated carbocycles. The molecule has 4 aromatic rings. The molecule has 0 radical (unpaired) electrons. The van der Waals surface area contributed by atoms with Gasteiger partial charge < -0.3 is 9.64 Å². The molecule has 0 bridgehead atoms. The van der Waals surface area contributed by atoms with E-state index in [1.165, 1.54) is 4.68 Å². The monoisotopic (exact) mass is 674 g/mol. The molecule has 0 atom stereocenters. The molecular formula is C27H25Br3N4O2. The van der Waals surface area contributed by atoms with Crippen molar-refractivity contribution in [1.29, 1.82) is 0 Å². The van der Waals surface area contributed by atoms with E-state index in [1.807, 2.05) is 81.4 Å². The SMILES string of the molecule is CC(C)c1nc2ccc(Br)cc2c(=O)n1N=Cc1ccc(N(C)C)cc1OCc1ccc(Br)cc1Br. The summed E-state index contributed by atoms with van der Waals surface area (Å²) in [6, 6.07) is 17.4. The van der Waals surface area contributed by atoms with E-state index in [0.717, 1.165) is 30.2 Å². The predicted octanol–water partition coefficient (Wildman–Crippen LogP) is 7.33. The fourth-order valence-electron chi connectivity index (χ4n) is 3.60. The minimum Gasteiger partial charge on any atom is -0.488 e. The molecule has 1 aromatic heterocycles. The molecule has 0 spiro atoms. The third-order valence-corrected chi connectivity index (χ3v) is 7.30. The Morgan fingerprint density at radius 1 is 1.03 bits per heavy atom. The van der Waals surface area contributed by atoms with E-state index in [9.17, 15) is 4.79 Å². The lowest BCUT2D eigenvalue weighted by atomic mass is 10.1. The van der Waals surface area contributed by atoms with Crippen LogP contribution in [0, 0.1) is 0 Å². The van der Waals surface area contributed by atoms with Gasteiger partial charge in [-0.3, -0.25) is 4.79 Å². The van der Waals surface area contributed by atoms with Crippen LogP contribution in [0.5, 0.6) is 5.75 Å². The van der Waals surface area contributed by atoms with Gasteiger partial charge in [0.15, 0.2) is 0 Å². The standard InChI is InChI=1S/C27H25Br3N4O2/c1-16(2)26-32-24-10-8-19(28)11-22(24)27(35)34(26)31-14-17-6-9-21(33(3)4)13-25(17)36-15-18-5-7-20(29)12-23(18)30/h5-14,16H,15H2,1-4H3. The zero-order valence-electron chi connectivity index (χ0n) is 20.3. The van der Waals surface area contributed by atoms with Crippen molar-refractivity contribution in [3.05, 3.63) is 95.3 Å². The highest BCUT2D eigenvalue weighted by molar-refractivity contribution is 9.11. The Bertz CT molecular complexity index is 1510. The Morgan fingerprint density at radius 2 is 1.75 bits per heavy atom. The van der Waals surface area contributed by atoms with Crippen LogP contribution in [-0.2, 0) is 6.61 Å². The Labute approximate surface area is 235 Å². The molecule has 0 aliphatic rings. The fourth-order valence-corrected chi connectivity index (χ4v) is 5.12. The lowest BCUT2D eigenvalue weighted by Crippen LogP contribution is -2.23. The van der Waals surface area contributed by atoms with Crippen molar-refractivity contribution in [1.82, 2.24) is 9.66 Å². The van der Waals surface area contributed by atoms with Gasteiger partial charge >= 0.3 is 0 Å². The Balaban J connectivity index is 1.76. The van der Waals surface area contributed by atoms with Gasteiger partial charge in [0.2, 0.25) is 0 Å². The Kier molecular flexibility index (Phi) is 8.32. The normalized spacial score (nSPS) is 11.6. The zero-order chi connectivity index (χ0) is 26.0. The zero-order valence-corrected chi connectivity index (χ0v) is 25.1. The van der Waals surface area contributed by atoms with E-state index in [2.05, 4.69) is 52.9 Å². The topological polar surface area (TPSA) is 59.7 Å². The summed E-state index contributed by atoms with van der Waals surface area (Å²) in [4.78, 5) is 20.1. The summed E-state index contributed by atoms with van der Waals surface area (Å²) in [6.45, 7) is 4.36. The van der Waals surface area contributed by atoms with Crippen LogP contribution in [0.25, 0.3) is 10.9 Å². The molecule has 0 amide bonds. The highest BCUT2D eigenvalue weighted by Crippen LogP contribution is 2.28. The van der Waals surface area contributed by atoms with Gasteiger partial charge in [-0.15, -0.1) is 0 Å². The first kappa shape index (κ1) is 26.6. The first-order valence-corrected chi connectivity index (χ1v) is 13.7. The number of ether oxygens (including phenoxy) is 1. The third kappa shape index (κ3) is 5.90. The molecule has 1 heterocycles. The molecule has 0 saturated heterocycles. The fraction of sp³-hybridized carbons (Fsp3) is 0.222. The maximum absolute atomic E-state index is 13.4. The maximum atomic E-state index is 13.4. The van der Waals surface area contributed by atoms with E-state index in [0.29, 0.717) is 29.1 Å². The number of rotatable bonds is 7. The maximum Gasteiger partial charge on any atom is 0.282 e. The average molecular weight is 677 g/mol. The summed E-state index contributed by atoms with van der Waals surface area (Å²) in [7, 11) is 3.96. The molecular weight excluding hydrogens is 652 g/mol. The van der Waals surface area contributed by atoms with Crippen LogP contribution in [0.3, 0.4) is 0 Å². The minimum absolute atomic E-state index is 0.00416. The van der Waals surface area contributed by atoms with Gasteiger partial charge in [-0.25, -0.2) is 4.98 Å². The van der Waals surface area contributed by atoms with Crippen molar-refractivity contribution in [2.45, 2.75) is 26.4 Å². The van der Waals surface area contributed by atoms with E-state index in [4.69, 9.17) is 9.72 Å². The first-order valence-electron chi connectivity index (χ1n) is 11.3. The summed E-state index contributed by atoms with van der Waals surface area (Å²) < 4.78 is 10.4. The summed E-state index contributed by atoms with van der Waals surface area (Å²) in [5.74, 6) is 1.26. The van der Waals surface area contributed by atoms with Gasteiger partial charge in [0.05, 0.1) is 17.1 Å². The Hall–Kier alpha value is -2.49. The van der Waals surface area contributed by atoms with E-state index < -0.39 is 0 Å². The van der Waals surface area contributed by atoms with Gasteiger partial charge in [0.1, 0.15) is 18.2 Å². The molecule has 4 rings (SSSR count). The summed E-state index contributed by atoms with van der Waals surface area (Å²) in [5, 5.41) is 5.09. The Morgan fingerprint density at radius 3 is 2.44 bits per heavy atom. The highest BCUT2D eigenvalue weighted by atomic mass is 79.9. The van der Waals surface area contributed by atoms with Gasteiger partial charge in [0, 0.05) is 56.3 Å². The van der Waals surface area contributed by atoms with Gasteiger partial charge in [-0.2, -0.15) is 9.78 Å². The molecule has 0 unspecified atom stereocenters. The van der Waals surface area contributed by atoms with Crippen LogP contribution in [0.4, 0.5) is 5.69 Å². The van der Waals surface area contributed by atoms with Crippen molar-refractivity contribution < 1.29 is 4.74 Å². The second-order valence-electron chi connectivity index (χ2n) is 8.79. The third-order valence-electron chi connectivity index (χ3n) is 5.57. The molecule has 0 aliphatic carbocycles. The lowest BCUT2D eigenvalue weighted by molar-refractivity contribution is 0.305. The summed E-state index contributed by atoms with van der Waals surface area (Å²) in [5.41, 5.74) is 3.20. The molecule has 0 aliphatic heterocycles. The number of halogens is 3. The van der Waals surface area contributed by atoms with Crippen molar-refractivity contribution in [2.24, 2.45) is 5.10 Å². The molecule has 3 aromatic carbocycles. The molecule has 0 N–H and O–H groups in total. The van der Waals surface area contributed by atoms with E-state index in [-0.39, 0.29) is 11.5 Å². The van der Waals surface area contributed by atoms with Crippen molar-refractivity contribution in [3.8, 4) is 5.75 Å². The highest BCUT2D eigenvalue weighted by Gasteiger charge is 2.14. The molecule has 186 valence electrons. The number of hydrogen-bond acceptors (Lipinski definition) is 5. The van der Waals surface area contributed by atoms with E-state index in [1.54, 1.807) is 12.3 Å². The van der Waals surface area contributed by atoms with Gasteiger partial charge in [-0.05, 0) is 42.5 Å². The average Bonchev–Trinajstić information content (AvgIpc) is 2.83. The number of nitrogens with zero attached hydrogens (tertiary/aromatic N) is 4. The number of benzene rings is 3. The largest absolute Gasteiger partial charge is 0.488 e. The molecule has 0 fully saturated rings. The summed E-state index contributed by atoms with van der Waals surface area (Å²) in [6.07, 6.45) is 1.66. The quantitative estimate of drug-likeness (QED) is 0.192. The number of anilines is 1. The lowest BCUT2D eigenvalue weighted by Gasteiger charge is -2.17. The van der Waals surface area contributed by atoms with Crippen molar-refractivity contribution in [3.63, 3.8) is 0 Å². The van der Waals surface area contributed by atoms with Crippen LogP contribution in [0.15, 0.2) is 77.9 Å². The first-order chi connectivity index (χ1) is 17.1. The van der Waals surface area contributed by atoms with Crippen molar-refractivity contribution >= 4 is 70.6 Å². The number of aromatic nitrogens is 2. The van der Waals surface area contributed by atoms with Crippen LogP contribution in [0.2, 0.25) is 0 Å². The van der Waals surface area contributed by atoms with Crippen LogP contribution < -0.4 is 15.2 Å². The summed E-state index contributed by atoms with van der Waals surface area (Å²) >= 11 is 10.5. The second kappa shape index (κ2) is 11.3. The molecule has 6 nitrogen and oxygen atoms in total. The minimum atomic E-state index is -0.215. The smallest absolute Gasteiger partial charge is 0.282 e. The second-order valence-corrected chi connectivity index (χ2v) is 11.5. The van der Waals surface area contributed by atoms with Crippen molar-refractivity contribution in [2.75, 3.05) is 19.0 Å². The number of hydrogen-bond donors (Lipinski definition) is 0. The van der Waals surface area contributed by atoms with Crippen LogP contribution >= 0.6 is 47.8 Å². The molecule has 9 heteroatoms. The van der Waals surface area contributed by atoms with Crippen LogP contribution in [0.1, 0.15) is 36.7 Å². The predicted molar refractivity (Wildman–Crippen MR) is 158 cm³/mol.